The molecule has 1 aliphatic rings. The number of halogens is 2. The van der Waals surface area contributed by atoms with Crippen LogP contribution in [0.2, 0.25) is 10.0 Å². The van der Waals surface area contributed by atoms with Crippen LogP contribution in [0, 0.1) is 0 Å². The average Bonchev–Trinajstić information content (AvgIpc) is 3.02. The second kappa shape index (κ2) is 6.91. The van der Waals surface area contributed by atoms with E-state index < -0.39 is 5.97 Å². The second-order valence-electron chi connectivity index (χ2n) is 5.13. The number of hydrogen-bond acceptors (Lipinski definition) is 4. The summed E-state index contributed by atoms with van der Waals surface area (Å²) in [4.78, 5) is 27.3. The summed E-state index contributed by atoms with van der Waals surface area (Å²) in [6.45, 7) is 0.899. The quantitative estimate of drug-likeness (QED) is 0.773. The van der Waals surface area contributed by atoms with Crippen LogP contribution in [0.4, 0.5) is 0 Å². The Kier molecular flexibility index (Phi) is 4.90. The van der Waals surface area contributed by atoms with E-state index in [4.69, 9.17) is 27.9 Å². The van der Waals surface area contributed by atoms with Crippen LogP contribution in [-0.2, 0) is 22.5 Å². The van der Waals surface area contributed by atoms with Gasteiger partial charge in [-0.05, 0) is 41.6 Å². The Balaban J connectivity index is 1.59. The topological polar surface area (TPSA) is 46.6 Å². The first-order valence-corrected chi connectivity index (χ1v) is 8.63. The zero-order valence-corrected chi connectivity index (χ0v) is 14.4. The van der Waals surface area contributed by atoms with Crippen LogP contribution in [0.1, 0.15) is 20.8 Å². The molecule has 0 saturated carbocycles. The van der Waals surface area contributed by atoms with Crippen molar-refractivity contribution in [3.63, 3.8) is 0 Å². The molecule has 0 aliphatic carbocycles. The summed E-state index contributed by atoms with van der Waals surface area (Å²) >= 11 is 13.5. The predicted molar refractivity (Wildman–Crippen MR) is 90.2 cm³/mol. The van der Waals surface area contributed by atoms with Crippen LogP contribution in [0.5, 0.6) is 0 Å². The van der Waals surface area contributed by atoms with Crippen molar-refractivity contribution in [1.82, 2.24) is 4.90 Å². The molecule has 3 rings (SSSR count). The molecule has 0 N–H and O–H groups in total. The Morgan fingerprint density at radius 2 is 2.09 bits per heavy atom. The number of carbonyl (C=O) groups excluding carboxylic acids is 2. The molecule has 0 fully saturated rings. The molecular formula is C16H13Cl2NO3S. The number of carbonyl (C=O) groups is 2. The number of ether oxygens (including phenoxy) is 1. The van der Waals surface area contributed by atoms with Gasteiger partial charge < -0.3 is 9.64 Å². The maximum Gasteiger partial charge on any atom is 0.340 e. The van der Waals surface area contributed by atoms with Crippen molar-refractivity contribution in [2.75, 3.05) is 13.2 Å². The highest BCUT2D eigenvalue weighted by Crippen LogP contribution is 2.24. The molecule has 7 heteroatoms. The monoisotopic (exact) mass is 369 g/mol. The normalized spacial score (nSPS) is 13.6. The molecule has 23 heavy (non-hydrogen) atoms. The van der Waals surface area contributed by atoms with Crippen molar-refractivity contribution < 1.29 is 14.3 Å². The Hall–Kier alpha value is -1.56. The van der Waals surface area contributed by atoms with E-state index in [0.29, 0.717) is 18.1 Å². The van der Waals surface area contributed by atoms with E-state index in [1.165, 1.54) is 22.6 Å². The molecule has 2 aromatic rings. The lowest BCUT2D eigenvalue weighted by Crippen LogP contribution is -2.38. The number of rotatable bonds is 3. The van der Waals surface area contributed by atoms with Gasteiger partial charge in [0.2, 0.25) is 0 Å². The molecule has 1 amide bonds. The van der Waals surface area contributed by atoms with Gasteiger partial charge in [-0.2, -0.15) is 0 Å². The van der Waals surface area contributed by atoms with Gasteiger partial charge in [-0.3, -0.25) is 4.79 Å². The Labute approximate surface area is 147 Å². The summed E-state index contributed by atoms with van der Waals surface area (Å²) in [5.74, 6) is -0.868. The minimum absolute atomic E-state index is 0.158. The fraction of sp³-hybridized carbons (Fsp3) is 0.250. The van der Waals surface area contributed by atoms with Gasteiger partial charge in [-0.1, -0.05) is 23.2 Å². The summed E-state index contributed by atoms with van der Waals surface area (Å²) < 4.78 is 5.08. The number of amides is 1. The molecule has 0 atom stereocenters. The maximum absolute atomic E-state index is 12.2. The second-order valence-corrected chi connectivity index (χ2v) is 6.98. The van der Waals surface area contributed by atoms with Crippen LogP contribution in [0.25, 0.3) is 0 Å². The van der Waals surface area contributed by atoms with Gasteiger partial charge in [0.05, 0.1) is 10.6 Å². The number of esters is 1. The van der Waals surface area contributed by atoms with E-state index in [1.54, 1.807) is 22.3 Å². The van der Waals surface area contributed by atoms with Gasteiger partial charge in [0.1, 0.15) is 0 Å². The first kappa shape index (κ1) is 16.3. The third-order valence-electron chi connectivity index (χ3n) is 3.64. The van der Waals surface area contributed by atoms with Gasteiger partial charge in [-0.25, -0.2) is 4.79 Å². The summed E-state index contributed by atoms with van der Waals surface area (Å²) in [5, 5.41) is 2.65. The SMILES string of the molecule is O=C(OCC(=O)N1CCc2sccc2C1)c1cc(Cl)ccc1Cl. The minimum atomic E-state index is -0.654. The Morgan fingerprint density at radius 1 is 1.26 bits per heavy atom. The average molecular weight is 370 g/mol. The summed E-state index contributed by atoms with van der Waals surface area (Å²) in [7, 11) is 0. The highest BCUT2D eigenvalue weighted by atomic mass is 35.5. The van der Waals surface area contributed by atoms with E-state index in [-0.39, 0.29) is 23.1 Å². The highest BCUT2D eigenvalue weighted by Gasteiger charge is 2.23. The maximum atomic E-state index is 12.2. The zero-order valence-electron chi connectivity index (χ0n) is 12.1. The van der Waals surface area contributed by atoms with Crippen molar-refractivity contribution in [2.45, 2.75) is 13.0 Å². The lowest BCUT2D eigenvalue weighted by molar-refractivity contribution is -0.135. The molecule has 0 spiro atoms. The number of nitrogens with zero attached hydrogens (tertiary/aromatic N) is 1. The number of thiophene rings is 1. The first-order chi connectivity index (χ1) is 11.0. The van der Waals surface area contributed by atoms with Crippen molar-refractivity contribution in [3.05, 3.63) is 55.7 Å². The van der Waals surface area contributed by atoms with E-state index in [9.17, 15) is 9.59 Å². The smallest absolute Gasteiger partial charge is 0.340 e. The fourth-order valence-corrected chi connectivity index (χ4v) is 3.67. The van der Waals surface area contributed by atoms with Gasteiger partial charge in [-0.15, -0.1) is 11.3 Å². The van der Waals surface area contributed by atoms with Gasteiger partial charge in [0.15, 0.2) is 6.61 Å². The van der Waals surface area contributed by atoms with Crippen molar-refractivity contribution in [2.24, 2.45) is 0 Å². The van der Waals surface area contributed by atoms with Crippen LogP contribution in [0.3, 0.4) is 0 Å². The van der Waals surface area contributed by atoms with Gasteiger partial charge >= 0.3 is 5.97 Å². The molecule has 0 saturated heterocycles. The molecule has 1 aromatic heterocycles. The lowest BCUT2D eigenvalue weighted by atomic mass is 10.1. The molecule has 0 radical (unpaired) electrons. The summed E-state index contributed by atoms with van der Waals surface area (Å²) in [6.07, 6.45) is 0.840. The van der Waals surface area contributed by atoms with Crippen LogP contribution in [-0.4, -0.2) is 29.9 Å². The Bertz CT molecular complexity index is 760. The third-order valence-corrected chi connectivity index (χ3v) is 5.22. The van der Waals surface area contributed by atoms with Crippen molar-refractivity contribution >= 4 is 46.4 Å². The molecule has 2 heterocycles. The Morgan fingerprint density at radius 3 is 2.91 bits per heavy atom. The van der Waals surface area contributed by atoms with Crippen LogP contribution in [0.15, 0.2) is 29.6 Å². The van der Waals surface area contributed by atoms with Crippen LogP contribution >= 0.6 is 34.5 Å². The zero-order chi connectivity index (χ0) is 16.4. The molecular weight excluding hydrogens is 357 g/mol. The van der Waals surface area contributed by atoms with Gasteiger partial charge in [0, 0.05) is 23.0 Å². The molecule has 1 aliphatic heterocycles. The van der Waals surface area contributed by atoms with E-state index in [0.717, 1.165) is 6.42 Å². The van der Waals surface area contributed by atoms with Crippen molar-refractivity contribution in [3.8, 4) is 0 Å². The molecule has 0 bridgehead atoms. The van der Waals surface area contributed by atoms with E-state index >= 15 is 0 Å². The summed E-state index contributed by atoms with van der Waals surface area (Å²) in [6, 6.07) is 6.55. The molecule has 120 valence electrons. The molecule has 1 aromatic carbocycles. The van der Waals surface area contributed by atoms with Gasteiger partial charge in [0.25, 0.3) is 5.91 Å². The predicted octanol–water partition coefficient (Wildman–Crippen LogP) is 3.80. The van der Waals surface area contributed by atoms with E-state index in [1.807, 2.05) is 11.4 Å². The number of fused-ring (bicyclic) bond motifs is 1. The third kappa shape index (κ3) is 3.68. The molecule has 4 nitrogen and oxygen atoms in total. The minimum Gasteiger partial charge on any atom is -0.452 e. The molecule has 0 unspecified atom stereocenters. The number of hydrogen-bond donors (Lipinski definition) is 0. The number of benzene rings is 1. The summed E-state index contributed by atoms with van der Waals surface area (Å²) in [5.41, 5.74) is 1.32. The van der Waals surface area contributed by atoms with Crippen LogP contribution < -0.4 is 0 Å². The fourth-order valence-electron chi connectivity index (χ4n) is 2.41. The first-order valence-electron chi connectivity index (χ1n) is 7.00. The van der Waals surface area contributed by atoms with Crippen molar-refractivity contribution in [1.29, 1.82) is 0 Å². The lowest BCUT2D eigenvalue weighted by Gasteiger charge is -2.26. The highest BCUT2D eigenvalue weighted by molar-refractivity contribution is 7.10. The standard InChI is InChI=1S/C16H13Cl2NO3S/c17-11-1-2-13(18)12(7-11)16(21)22-9-15(20)19-5-3-14-10(8-19)4-6-23-14/h1-2,4,6-7H,3,5,8-9H2. The largest absolute Gasteiger partial charge is 0.452 e. The van der Waals surface area contributed by atoms with E-state index in [2.05, 4.69) is 0 Å².